The molecule has 1 aliphatic heterocycles. The predicted octanol–water partition coefficient (Wildman–Crippen LogP) is 5.87. The number of aryl methyl sites for hydroxylation is 1. The molecule has 0 saturated carbocycles. The van der Waals surface area contributed by atoms with Gasteiger partial charge in [-0.2, -0.15) is 0 Å². The topological polar surface area (TPSA) is 42.7 Å². The van der Waals surface area contributed by atoms with Crippen molar-refractivity contribution in [3.63, 3.8) is 0 Å². The summed E-state index contributed by atoms with van der Waals surface area (Å²) in [6, 6.07) is 15.3. The van der Waals surface area contributed by atoms with E-state index in [9.17, 15) is 4.79 Å². The first-order valence-corrected chi connectivity index (χ1v) is 10.9. The summed E-state index contributed by atoms with van der Waals surface area (Å²) in [7, 11) is 0. The van der Waals surface area contributed by atoms with Crippen LogP contribution in [0.4, 0.5) is 0 Å². The first-order valence-electron chi connectivity index (χ1n) is 10.9. The summed E-state index contributed by atoms with van der Waals surface area (Å²) in [5.41, 5.74) is 2.32. The molecule has 0 bridgehead atoms. The zero-order valence-corrected chi connectivity index (χ0v) is 18.4. The third kappa shape index (κ3) is 4.15. The van der Waals surface area contributed by atoms with Gasteiger partial charge in [-0.3, -0.25) is 9.69 Å². The molecule has 158 valence electrons. The van der Waals surface area contributed by atoms with Gasteiger partial charge in [-0.05, 0) is 57.5 Å². The van der Waals surface area contributed by atoms with Crippen molar-refractivity contribution in [1.29, 1.82) is 0 Å². The van der Waals surface area contributed by atoms with E-state index in [0.29, 0.717) is 11.1 Å². The predicted molar refractivity (Wildman–Crippen MR) is 120 cm³/mol. The van der Waals surface area contributed by atoms with Crippen LogP contribution in [0.5, 0.6) is 5.75 Å². The highest BCUT2D eigenvalue weighted by Crippen LogP contribution is 2.30. The molecule has 0 unspecified atom stereocenters. The molecule has 1 saturated heterocycles. The molecule has 0 N–H and O–H groups in total. The lowest BCUT2D eigenvalue weighted by atomic mass is 9.98. The van der Waals surface area contributed by atoms with E-state index in [0.717, 1.165) is 54.8 Å². The number of carbonyl (C=O) groups excluding carboxylic acids is 1. The van der Waals surface area contributed by atoms with Crippen LogP contribution >= 0.6 is 0 Å². The van der Waals surface area contributed by atoms with Crippen molar-refractivity contribution in [2.75, 3.05) is 13.1 Å². The number of ether oxygens (including phenoxy) is 1. The van der Waals surface area contributed by atoms with Gasteiger partial charge in [0.2, 0.25) is 0 Å². The van der Waals surface area contributed by atoms with Gasteiger partial charge < -0.3 is 9.15 Å². The number of likely N-dealkylation sites (tertiary alicyclic amines) is 1. The first kappa shape index (κ1) is 20.7. The highest BCUT2D eigenvalue weighted by atomic mass is 16.5. The van der Waals surface area contributed by atoms with Crippen molar-refractivity contribution >= 4 is 16.8 Å². The monoisotopic (exact) mass is 405 g/mol. The van der Waals surface area contributed by atoms with Crippen molar-refractivity contribution in [3.8, 4) is 5.75 Å². The van der Waals surface area contributed by atoms with Crippen LogP contribution in [-0.4, -0.2) is 35.4 Å². The SMILES string of the molecule is CCCCc1oc2ccccc2c1C(=O)c1ccc(OC2CN(C(C)(C)C)C2)cc1. The second-order valence-electron chi connectivity index (χ2n) is 9.17. The van der Waals surface area contributed by atoms with Crippen LogP contribution in [0, 0.1) is 0 Å². The quantitative estimate of drug-likeness (QED) is 0.461. The Kier molecular flexibility index (Phi) is 5.70. The number of carbonyl (C=O) groups is 1. The Morgan fingerprint density at radius 1 is 1.10 bits per heavy atom. The fourth-order valence-corrected chi connectivity index (χ4v) is 3.94. The Morgan fingerprint density at radius 2 is 1.80 bits per heavy atom. The summed E-state index contributed by atoms with van der Waals surface area (Å²) in [4.78, 5) is 15.8. The zero-order chi connectivity index (χ0) is 21.3. The molecular formula is C26H31NO3. The minimum Gasteiger partial charge on any atom is -0.488 e. The van der Waals surface area contributed by atoms with Crippen molar-refractivity contribution in [1.82, 2.24) is 4.90 Å². The Labute approximate surface area is 178 Å². The molecule has 3 aromatic rings. The summed E-state index contributed by atoms with van der Waals surface area (Å²) in [5, 5.41) is 0.894. The van der Waals surface area contributed by atoms with Crippen LogP contribution in [0.25, 0.3) is 11.0 Å². The molecule has 0 radical (unpaired) electrons. The second kappa shape index (κ2) is 8.27. The van der Waals surface area contributed by atoms with Gasteiger partial charge >= 0.3 is 0 Å². The largest absolute Gasteiger partial charge is 0.488 e. The maximum Gasteiger partial charge on any atom is 0.197 e. The Morgan fingerprint density at radius 3 is 2.47 bits per heavy atom. The maximum atomic E-state index is 13.4. The zero-order valence-electron chi connectivity index (χ0n) is 18.4. The van der Waals surface area contributed by atoms with Crippen LogP contribution in [0.1, 0.15) is 62.2 Å². The van der Waals surface area contributed by atoms with Gasteiger partial charge in [0.05, 0.1) is 5.56 Å². The van der Waals surface area contributed by atoms with Gasteiger partial charge in [-0.25, -0.2) is 0 Å². The molecule has 0 atom stereocenters. The van der Waals surface area contributed by atoms with Crippen molar-refractivity contribution in [2.45, 2.75) is 58.6 Å². The van der Waals surface area contributed by atoms with Gasteiger partial charge in [0.25, 0.3) is 0 Å². The molecule has 1 fully saturated rings. The van der Waals surface area contributed by atoms with E-state index in [-0.39, 0.29) is 17.4 Å². The summed E-state index contributed by atoms with van der Waals surface area (Å²) in [6.07, 6.45) is 3.05. The highest BCUT2D eigenvalue weighted by Gasteiger charge is 2.35. The molecular weight excluding hydrogens is 374 g/mol. The summed E-state index contributed by atoms with van der Waals surface area (Å²) in [6.45, 7) is 10.7. The molecule has 2 heterocycles. The van der Waals surface area contributed by atoms with E-state index in [4.69, 9.17) is 9.15 Å². The minimum atomic E-state index is 0.0140. The highest BCUT2D eigenvalue weighted by molar-refractivity contribution is 6.16. The van der Waals surface area contributed by atoms with Gasteiger partial charge in [0, 0.05) is 36.0 Å². The van der Waals surface area contributed by atoms with E-state index in [2.05, 4.69) is 32.6 Å². The number of ketones is 1. The van der Waals surface area contributed by atoms with Crippen LogP contribution in [0.15, 0.2) is 52.9 Å². The maximum absolute atomic E-state index is 13.4. The standard InChI is InChI=1S/C26H31NO3/c1-5-6-10-23-24(21-9-7-8-11-22(21)30-23)25(28)18-12-14-19(15-13-18)29-20-16-27(17-20)26(2,3)4/h7-9,11-15,20H,5-6,10,16-17H2,1-4H3. The van der Waals surface area contributed by atoms with E-state index in [1.54, 1.807) is 0 Å². The van der Waals surface area contributed by atoms with Crippen LogP contribution in [-0.2, 0) is 6.42 Å². The van der Waals surface area contributed by atoms with Crippen molar-refractivity contribution in [3.05, 3.63) is 65.4 Å². The Balaban J connectivity index is 1.50. The summed E-state index contributed by atoms with van der Waals surface area (Å²) >= 11 is 0. The average molecular weight is 406 g/mol. The molecule has 2 aromatic carbocycles. The lowest BCUT2D eigenvalue weighted by Gasteiger charge is -2.47. The average Bonchev–Trinajstić information content (AvgIpc) is 3.06. The number of benzene rings is 2. The number of unbranched alkanes of at least 4 members (excludes halogenated alkanes) is 1. The molecule has 0 aliphatic carbocycles. The molecule has 30 heavy (non-hydrogen) atoms. The number of hydrogen-bond acceptors (Lipinski definition) is 4. The molecule has 4 heteroatoms. The minimum absolute atomic E-state index is 0.0140. The second-order valence-corrected chi connectivity index (χ2v) is 9.17. The van der Waals surface area contributed by atoms with Crippen molar-refractivity contribution in [2.24, 2.45) is 0 Å². The summed E-state index contributed by atoms with van der Waals surface area (Å²) < 4.78 is 12.1. The fraction of sp³-hybridized carbons (Fsp3) is 0.423. The Hall–Kier alpha value is -2.59. The number of hydrogen-bond donors (Lipinski definition) is 0. The lowest BCUT2D eigenvalue weighted by Crippen LogP contribution is -2.60. The Bertz CT molecular complexity index is 1020. The molecule has 1 aromatic heterocycles. The third-order valence-corrected chi connectivity index (χ3v) is 5.87. The van der Waals surface area contributed by atoms with Crippen molar-refractivity contribution < 1.29 is 13.9 Å². The fourth-order valence-electron chi connectivity index (χ4n) is 3.94. The number of nitrogens with zero attached hydrogens (tertiary/aromatic N) is 1. The number of para-hydroxylation sites is 1. The molecule has 1 aliphatic rings. The molecule has 0 spiro atoms. The normalized spacial score (nSPS) is 15.3. The molecule has 4 rings (SSSR count). The van der Waals surface area contributed by atoms with Gasteiger partial charge in [-0.15, -0.1) is 0 Å². The van der Waals surface area contributed by atoms with E-state index < -0.39 is 0 Å². The number of fused-ring (bicyclic) bond motifs is 1. The smallest absolute Gasteiger partial charge is 0.197 e. The van der Waals surface area contributed by atoms with E-state index in [1.165, 1.54) is 0 Å². The van der Waals surface area contributed by atoms with Crippen LogP contribution < -0.4 is 4.74 Å². The molecule has 4 nitrogen and oxygen atoms in total. The number of rotatable bonds is 7. The van der Waals surface area contributed by atoms with Gasteiger partial charge in [0.1, 0.15) is 23.2 Å². The van der Waals surface area contributed by atoms with Crippen LogP contribution in [0.2, 0.25) is 0 Å². The third-order valence-electron chi connectivity index (χ3n) is 5.87. The number of furan rings is 1. The van der Waals surface area contributed by atoms with Crippen LogP contribution in [0.3, 0.4) is 0 Å². The molecule has 0 amide bonds. The van der Waals surface area contributed by atoms with E-state index >= 15 is 0 Å². The lowest BCUT2D eigenvalue weighted by molar-refractivity contribution is -0.0349. The van der Waals surface area contributed by atoms with Gasteiger partial charge in [-0.1, -0.05) is 31.5 Å². The summed E-state index contributed by atoms with van der Waals surface area (Å²) in [5.74, 6) is 1.62. The first-order chi connectivity index (χ1) is 14.4. The van der Waals surface area contributed by atoms with E-state index in [1.807, 2.05) is 48.5 Å². The van der Waals surface area contributed by atoms with Gasteiger partial charge in [0.15, 0.2) is 5.78 Å².